The molecule has 9 nitrogen and oxygen atoms in total. The first-order valence-corrected chi connectivity index (χ1v) is 6.51. The Morgan fingerprint density at radius 2 is 1.82 bits per heavy atom. The van der Waals surface area contributed by atoms with Gasteiger partial charge in [-0.25, -0.2) is 9.59 Å². The van der Waals surface area contributed by atoms with Crippen LogP contribution in [-0.4, -0.2) is 54.6 Å². The summed E-state index contributed by atoms with van der Waals surface area (Å²) in [5, 5.41) is 13.5. The number of esters is 1. The number of ether oxygens (including phenoxy) is 1. The Morgan fingerprint density at radius 1 is 1.23 bits per heavy atom. The third-order valence-electron chi connectivity index (χ3n) is 2.69. The van der Waals surface area contributed by atoms with Crippen molar-refractivity contribution in [2.45, 2.75) is 25.9 Å². The average Bonchev–Trinajstić information content (AvgIpc) is 2.47. The second kappa shape index (κ2) is 9.50. The molecule has 0 aliphatic heterocycles. The minimum atomic E-state index is -1.33. The van der Waals surface area contributed by atoms with Gasteiger partial charge >= 0.3 is 11.9 Å². The van der Waals surface area contributed by atoms with Crippen molar-refractivity contribution in [1.82, 2.24) is 10.6 Å². The van der Waals surface area contributed by atoms with Crippen LogP contribution < -0.4 is 16.4 Å². The molecule has 0 aromatic rings. The molecule has 5 N–H and O–H groups in total. The lowest BCUT2D eigenvalue weighted by atomic mass is 10.0. The third-order valence-corrected chi connectivity index (χ3v) is 2.69. The molecule has 0 bridgehead atoms. The molecule has 0 fully saturated rings. The predicted octanol–water partition coefficient (Wildman–Crippen LogP) is -1.62. The summed E-state index contributed by atoms with van der Waals surface area (Å²) in [5.41, 5.74) is 5.61. The second-order valence-corrected chi connectivity index (χ2v) is 4.77. The number of methoxy groups -OCH3 is 1. The van der Waals surface area contributed by atoms with Crippen LogP contribution in [0.15, 0.2) is 12.2 Å². The maximum Gasteiger partial charge on any atom is 0.330 e. The van der Waals surface area contributed by atoms with E-state index in [1.807, 2.05) is 0 Å². The second-order valence-electron chi connectivity index (χ2n) is 4.77. The first-order valence-electron chi connectivity index (χ1n) is 6.51. The average molecular weight is 315 g/mol. The number of rotatable bonds is 8. The fourth-order valence-electron chi connectivity index (χ4n) is 1.24. The monoisotopic (exact) mass is 315 g/mol. The van der Waals surface area contributed by atoms with Gasteiger partial charge < -0.3 is 26.2 Å². The maximum atomic E-state index is 11.7. The Morgan fingerprint density at radius 3 is 2.27 bits per heavy atom. The lowest BCUT2D eigenvalue weighted by Crippen LogP contribution is -2.53. The molecular weight excluding hydrogens is 294 g/mol. The quantitative estimate of drug-likeness (QED) is 0.311. The summed E-state index contributed by atoms with van der Waals surface area (Å²) < 4.78 is 4.30. The van der Waals surface area contributed by atoms with Crippen molar-refractivity contribution in [2.75, 3.05) is 13.7 Å². The van der Waals surface area contributed by atoms with Gasteiger partial charge in [-0.3, -0.25) is 9.59 Å². The zero-order chi connectivity index (χ0) is 17.3. The Hall–Kier alpha value is -2.42. The van der Waals surface area contributed by atoms with Crippen LogP contribution in [0.2, 0.25) is 0 Å². The van der Waals surface area contributed by atoms with E-state index in [0.29, 0.717) is 0 Å². The van der Waals surface area contributed by atoms with Crippen molar-refractivity contribution in [2.24, 2.45) is 11.7 Å². The van der Waals surface area contributed by atoms with Crippen LogP contribution in [0, 0.1) is 5.92 Å². The van der Waals surface area contributed by atoms with Gasteiger partial charge in [0.05, 0.1) is 13.2 Å². The van der Waals surface area contributed by atoms with E-state index in [-0.39, 0.29) is 12.5 Å². The number of nitrogens with two attached hydrogens (primary N) is 1. The molecule has 9 heteroatoms. The van der Waals surface area contributed by atoms with Gasteiger partial charge in [0.1, 0.15) is 6.04 Å². The Bertz CT molecular complexity index is 461. The smallest absolute Gasteiger partial charge is 0.330 e. The normalized spacial score (nSPS) is 13.5. The molecule has 0 spiro atoms. The first-order chi connectivity index (χ1) is 10.2. The Labute approximate surface area is 127 Å². The minimum absolute atomic E-state index is 0.160. The number of aliphatic carboxylic acids is 1. The van der Waals surface area contributed by atoms with Crippen molar-refractivity contribution >= 4 is 23.8 Å². The van der Waals surface area contributed by atoms with Gasteiger partial charge in [-0.2, -0.15) is 0 Å². The van der Waals surface area contributed by atoms with Gasteiger partial charge in [-0.05, 0) is 5.92 Å². The number of carboxylic acids is 1. The van der Waals surface area contributed by atoms with Crippen LogP contribution >= 0.6 is 0 Å². The molecule has 2 amide bonds. The highest BCUT2D eigenvalue weighted by molar-refractivity contribution is 5.95. The maximum absolute atomic E-state index is 11.7. The van der Waals surface area contributed by atoms with Crippen molar-refractivity contribution in [3.8, 4) is 0 Å². The highest BCUT2D eigenvalue weighted by Gasteiger charge is 2.24. The molecule has 0 rings (SSSR count). The van der Waals surface area contributed by atoms with E-state index in [0.717, 1.165) is 19.3 Å². The summed E-state index contributed by atoms with van der Waals surface area (Å²) in [5.74, 6) is -3.52. The molecule has 0 aliphatic rings. The largest absolute Gasteiger partial charge is 0.480 e. The molecule has 0 aliphatic carbocycles. The zero-order valence-corrected chi connectivity index (χ0v) is 12.7. The van der Waals surface area contributed by atoms with E-state index in [1.54, 1.807) is 13.8 Å². The molecule has 1 unspecified atom stereocenters. The lowest BCUT2D eigenvalue weighted by Gasteiger charge is -2.19. The lowest BCUT2D eigenvalue weighted by molar-refractivity contribution is -0.142. The standard InChI is InChI=1S/C13H21N3O6/c1-7(2)11(14)12(19)16-8(13(20)21)6-15-9(17)4-5-10(18)22-3/h4-5,7-8,11H,6,14H2,1-3H3,(H,15,17)(H,16,19)(H,20,21)/b5-4+/t8?,11-/m0/s1. The fourth-order valence-corrected chi connectivity index (χ4v) is 1.24. The molecule has 0 radical (unpaired) electrons. The van der Waals surface area contributed by atoms with E-state index >= 15 is 0 Å². The number of carboxylic acid groups (broad SMARTS) is 1. The predicted molar refractivity (Wildman–Crippen MR) is 76.5 cm³/mol. The molecule has 124 valence electrons. The molecule has 22 heavy (non-hydrogen) atoms. The number of carbonyl (C=O) groups is 4. The van der Waals surface area contributed by atoms with Crippen molar-refractivity contribution in [3.63, 3.8) is 0 Å². The molecular formula is C13H21N3O6. The van der Waals surface area contributed by atoms with Gasteiger partial charge in [0.2, 0.25) is 11.8 Å². The molecule has 0 aromatic carbocycles. The number of carbonyl (C=O) groups excluding carboxylic acids is 3. The van der Waals surface area contributed by atoms with E-state index in [4.69, 9.17) is 10.8 Å². The van der Waals surface area contributed by atoms with Crippen LogP contribution in [-0.2, 0) is 23.9 Å². The Balaban J connectivity index is 4.52. The van der Waals surface area contributed by atoms with Gasteiger partial charge in [0.15, 0.2) is 0 Å². The van der Waals surface area contributed by atoms with E-state index < -0.39 is 35.8 Å². The zero-order valence-electron chi connectivity index (χ0n) is 12.7. The molecule has 0 saturated heterocycles. The Kier molecular flexibility index (Phi) is 8.46. The van der Waals surface area contributed by atoms with Gasteiger partial charge in [0, 0.05) is 18.7 Å². The molecule has 0 saturated carbocycles. The summed E-state index contributed by atoms with van der Waals surface area (Å²) in [6, 6.07) is -2.18. The minimum Gasteiger partial charge on any atom is -0.480 e. The molecule has 2 atom stereocenters. The van der Waals surface area contributed by atoms with Crippen LogP contribution in [0.5, 0.6) is 0 Å². The fraction of sp³-hybridized carbons (Fsp3) is 0.538. The summed E-state index contributed by atoms with van der Waals surface area (Å²) >= 11 is 0. The van der Waals surface area contributed by atoms with Crippen molar-refractivity contribution in [1.29, 1.82) is 0 Å². The summed E-state index contributed by atoms with van der Waals surface area (Å²) in [7, 11) is 1.15. The van der Waals surface area contributed by atoms with E-state index in [2.05, 4.69) is 15.4 Å². The first kappa shape index (κ1) is 19.6. The van der Waals surface area contributed by atoms with Crippen LogP contribution in [0.4, 0.5) is 0 Å². The topological polar surface area (TPSA) is 148 Å². The van der Waals surface area contributed by atoms with Gasteiger partial charge in [-0.1, -0.05) is 13.8 Å². The van der Waals surface area contributed by atoms with Gasteiger partial charge in [0.25, 0.3) is 0 Å². The van der Waals surface area contributed by atoms with Crippen molar-refractivity contribution in [3.05, 3.63) is 12.2 Å². The number of nitrogens with one attached hydrogen (secondary N) is 2. The summed E-state index contributed by atoms with van der Waals surface area (Å²) in [4.78, 5) is 44.9. The number of amides is 2. The highest BCUT2D eigenvalue weighted by atomic mass is 16.5. The van der Waals surface area contributed by atoms with Crippen LogP contribution in [0.3, 0.4) is 0 Å². The highest BCUT2D eigenvalue weighted by Crippen LogP contribution is 1.98. The van der Waals surface area contributed by atoms with Crippen LogP contribution in [0.1, 0.15) is 13.8 Å². The molecule has 0 aromatic heterocycles. The number of hydrogen-bond acceptors (Lipinski definition) is 6. The summed E-state index contributed by atoms with van der Waals surface area (Å²) in [6.07, 6.45) is 1.78. The van der Waals surface area contributed by atoms with Crippen molar-refractivity contribution < 1.29 is 29.0 Å². The van der Waals surface area contributed by atoms with E-state index in [1.165, 1.54) is 0 Å². The third kappa shape index (κ3) is 7.39. The summed E-state index contributed by atoms with van der Waals surface area (Å²) in [6.45, 7) is 3.09. The number of hydrogen-bond donors (Lipinski definition) is 4. The van der Waals surface area contributed by atoms with Crippen LogP contribution in [0.25, 0.3) is 0 Å². The van der Waals surface area contributed by atoms with Gasteiger partial charge in [-0.15, -0.1) is 0 Å². The SMILES string of the molecule is COC(=O)/C=C/C(=O)NCC(NC(=O)[C@@H](N)C(C)C)C(=O)O. The van der Waals surface area contributed by atoms with E-state index in [9.17, 15) is 19.2 Å². The molecule has 0 heterocycles.